The van der Waals surface area contributed by atoms with E-state index in [4.69, 9.17) is 4.74 Å². The van der Waals surface area contributed by atoms with E-state index in [2.05, 4.69) is 4.98 Å². The second kappa shape index (κ2) is 8.65. The second-order valence-corrected chi connectivity index (χ2v) is 6.96. The van der Waals surface area contributed by atoms with Gasteiger partial charge >= 0.3 is 5.97 Å². The van der Waals surface area contributed by atoms with E-state index in [1.54, 1.807) is 54.6 Å². The molecule has 4 aromatic rings. The van der Waals surface area contributed by atoms with Crippen LogP contribution in [-0.4, -0.2) is 21.7 Å². The topological polar surface area (TPSA) is 119 Å². The van der Waals surface area contributed by atoms with Gasteiger partial charge in [0.25, 0.3) is 5.69 Å². The monoisotopic (exact) mass is 428 g/mol. The van der Waals surface area contributed by atoms with Crippen molar-refractivity contribution in [2.24, 2.45) is 0 Å². The van der Waals surface area contributed by atoms with Crippen LogP contribution in [-0.2, 0) is 4.74 Å². The first kappa shape index (κ1) is 20.7. The molecule has 1 unspecified atom stereocenters. The number of nitro groups is 1. The highest BCUT2D eigenvalue weighted by Gasteiger charge is 2.28. The minimum absolute atomic E-state index is 0.0112. The van der Waals surface area contributed by atoms with Crippen LogP contribution in [0.1, 0.15) is 32.4 Å². The van der Waals surface area contributed by atoms with Crippen molar-refractivity contribution in [2.45, 2.75) is 6.10 Å². The number of Topliss-reactive ketones (excluding diaryl/α,β-unsaturated/α-hetero) is 1. The van der Waals surface area contributed by atoms with Gasteiger partial charge in [0.2, 0.25) is 11.3 Å². The number of carbonyl (C=O) groups is 2. The number of fused-ring (bicyclic) bond motifs is 1. The molecule has 0 bridgehead atoms. The minimum atomic E-state index is -1.36. The lowest BCUT2D eigenvalue weighted by atomic mass is 9.99. The molecule has 0 spiro atoms. The number of hydrogen-bond acceptors (Lipinski definition) is 6. The Labute approximate surface area is 181 Å². The first-order valence-corrected chi connectivity index (χ1v) is 9.61. The Morgan fingerprint density at radius 2 is 1.56 bits per heavy atom. The number of H-pyrrole nitrogens is 1. The molecule has 1 heterocycles. The Morgan fingerprint density at radius 3 is 2.25 bits per heavy atom. The summed E-state index contributed by atoms with van der Waals surface area (Å²) in [5.41, 5.74) is 0.389. The molecule has 0 saturated heterocycles. The predicted octanol–water partition coefficient (Wildman–Crippen LogP) is 4.22. The lowest BCUT2D eigenvalue weighted by molar-refractivity contribution is -0.384. The maximum Gasteiger partial charge on any atom is 0.340 e. The average molecular weight is 428 g/mol. The molecule has 0 saturated carbocycles. The minimum Gasteiger partial charge on any atom is -0.445 e. The van der Waals surface area contributed by atoms with Gasteiger partial charge in [-0.05, 0) is 18.2 Å². The molecule has 8 nitrogen and oxygen atoms in total. The molecule has 8 heteroatoms. The van der Waals surface area contributed by atoms with Crippen LogP contribution in [0.5, 0.6) is 0 Å². The number of nitrogens with zero attached hydrogens (tertiary/aromatic N) is 1. The number of carbonyl (C=O) groups excluding carboxylic acids is 2. The third-order valence-corrected chi connectivity index (χ3v) is 4.90. The van der Waals surface area contributed by atoms with Gasteiger partial charge in [0.05, 0.1) is 10.5 Å². The van der Waals surface area contributed by atoms with Crippen LogP contribution in [0.2, 0.25) is 0 Å². The number of aromatic amines is 1. The van der Waals surface area contributed by atoms with Gasteiger partial charge in [-0.2, -0.15) is 0 Å². The van der Waals surface area contributed by atoms with Gasteiger partial charge in [0, 0.05) is 40.2 Å². The summed E-state index contributed by atoms with van der Waals surface area (Å²) < 4.78 is 5.59. The van der Waals surface area contributed by atoms with Crippen LogP contribution < -0.4 is 5.56 Å². The number of nitro benzene ring substituents is 1. The van der Waals surface area contributed by atoms with E-state index in [9.17, 15) is 24.5 Å². The van der Waals surface area contributed by atoms with Gasteiger partial charge in [-0.1, -0.05) is 48.5 Å². The van der Waals surface area contributed by atoms with E-state index in [1.165, 1.54) is 24.3 Å². The number of ketones is 1. The summed E-state index contributed by atoms with van der Waals surface area (Å²) in [6.07, 6.45) is -1.36. The second-order valence-electron chi connectivity index (χ2n) is 6.96. The number of para-hydroxylation sites is 1. The van der Waals surface area contributed by atoms with E-state index in [0.717, 1.165) is 6.07 Å². The number of aromatic nitrogens is 1. The maximum atomic E-state index is 13.2. The molecule has 1 aromatic heterocycles. The van der Waals surface area contributed by atoms with Crippen LogP contribution in [0.3, 0.4) is 0 Å². The van der Waals surface area contributed by atoms with Crippen LogP contribution >= 0.6 is 0 Å². The average Bonchev–Trinajstić information content (AvgIpc) is 2.82. The summed E-state index contributed by atoms with van der Waals surface area (Å²) in [6.45, 7) is 0. The fourth-order valence-electron chi connectivity index (χ4n) is 3.34. The third-order valence-electron chi connectivity index (χ3n) is 4.90. The highest BCUT2D eigenvalue weighted by Crippen LogP contribution is 2.27. The number of nitrogens with one attached hydrogen (secondary N) is 1. The fraction of sp³-hybridized carbons (Fsp3) is 0.0417. The fourth-order valence-corrected chi connectivity index (χ4v) is 3.34. The highest BCUT2D eigenvalue weighted by molar-refractivity contribution is 6.06. The van der Waals surface area contributed by atoms with Crippen LogP contribution in [0.4, 0.5) is 5.69 Å². The highest BCUT2D eigenvalue weighted by atomic mass is 16.6. The molecule has 0 fully saturated rings. The van der Waals surface area contributed by atoms with E-state index in [-0.39, 0.29) is 16.8 Å². The Hall–Kier alpha value is -4.59. The SMILES string of the molecule is O=C(OC(C(=O)c1ccccc1)c1ccc([N+](=O)[O-])cc1)c1cc(=O)[nH]c2ccccc12. The van der Waals surface area contributed by atoms with Gasteiger partial charge in [0.15, 0.2) is 6.10 Å². The number of pyridine rings is 1. The molecular weight excluding hydrogens is 412 g/mol. The van der Waals surface area contributed by atoms with Crippen molar-refractivity contribution in [1.29, 1.82) is 0 Å². The smallest absolute Gasteiger partial charge is 0.340 e. The van der Waals surface area contributed by atoms with Crippen LogP contribution in [0, 0.1) is 10.1 Å². The van der Waals surface area contributed by atoms with Crippen LogP contribution in [0.15, 0.2) is 89.7 Å². The summed E-state index contributed by atoms with van der Waals surface area (Å²) in [6, 6.07) is 21.3. The molecule has 1 atom stereocenters. The number of esters is 1. The first-order chi connectivity index (χ1) is 15.4. The summed E-state index contributed by atoms with van der Waals surface area (Å²) in [7, 11) is 0. The van der Waals surface area contributed by atoms with Gasteiger partial charge in [-0.25, -0.2) is 4.79 Å². The van der Waals surface area contributed by atoms with Crippen molar-refractivity contribution >= 4 is 28.3 Å². The Bertz CT molecular complexity index is 1380. The summed E-state index contributed by atoms with van der Waals surface area (Å²) in [4.78, 5) is 51.3. The maximum absolute atomic E-state index is 13.2. The largest absolute Gasteiger partial charge is 0.445 e. The Morgan fingerprint density at radius 1 is 0.906 bits per heavy atom. The standard InChI is InChI=1S/C24H16N2O6/c27-21-14-19(18-8-4-5-9-20(18)25-21)24(29)32-23(22(28)15-6-2-1-3-7-15)16-10-12-17(13-11-16)26(30)31/h1-14,23H,(H,25,27). The number of rotatable bonds is 6. The van der Waals surface area contributed by atoms with E-state index >= 15 is 0 Å². The number of ether oxygens (including phenoxy) is 1. The normalized spacial score (nSPS) is 11.6. The quantitative estimate of drug-likeness (QED) is 0.213. The zero-order valence-electron chi connectivity index (χ0n) is 16.6. The predicted molar refractivity (Wildman–Crippen MR) is 117 cm³/mol. The number of non-ortho nitro benzene ring substituents is 1. The molecule has 0 radical (unpaired) electrons. The first-order valence-electron chi connectivity index (χ1n) is 9.61. The lowest BCUT2D eigenvalue weighted by Gasteiger charge is -2.18. The molecule has 0 aliphatic carbocycles. The third kappa shape index (κ3) is 4.15. The Kier molecular flexibility index (Phi) is 5.59. The van der Waals surface area contributed by atoms with Crippen molar-refractivity contribution < 1.29 is 19.2 Å². The molecule has 0 amide bonds. The van der Waals surface area contributed by atoms with Gasteiger partial charge in [-0.15, -0.1) is 0 Å². The number of benzene rings is 3. The van der Waals surface area contributed by atoms with E-state index in [0.29, 0.717) is 16.5 Å². The molecule has 3 aromatic carbocycles. The summed E-state index contributed by atoms with van der Waals surface area (Å²) in [5, 5.41) is 11.4. The van der Waals surface area contributed by atoms with Crippen molar-refractivity contribution in [3.05, 3.63) is 122 Å². The van der Waals surface area contributed by atoms with Crippen molar-refractivity contribution in [3.8, 4) is 0 Å². The lowest BCUT2D eigenvalue weighted by Crippen LogP contribution is -2.21. The summed E-state index contributed by atoms with van der Waals surface area (Å²) in [5.74, 6) is -1.36. The molecule has 0 aliphatic heterocycles. The van der Waals surface area contributed by atoms with Gasteiger partial charge in [0.1, 0.15) is 0 Å². The van der Waals surface area contributed by atoms with E-state index in [1.807, 2.05) is 0 Å². The van der Waals surface area contributed by atoms with Gasteiger partial charge < -0.3 is 9.72 Å². The molecular formula is C24H16N2O6. The van der Waals surface area contributed by atoms with Crippen molar-refractivity contribution in [3.63, 3.8) is 0 Å². The molecule has 0 aliphatic rings. The molecule has 32 heavy (non-hydrogen) atoms. The zero-order chi connectivity index (χ0) is 22.7. The van der Waals surface area contributed by atoms with Crippen molar-refractivity contribution in [2.75, 3.05) is 0 Å². The Balaban J connectivity index is 1.75. The van der Waals surface area contributed by atoms with Gasteiger partial charge in [-0.3, -0.25) is 19.7 Å². The molecule has 158 valence electrons. The van der Waals surface area contributed by atoms with E-state index < -0.39 is 28.3 Å². The number of hydrogen-bond donors (Lipinski definition) is 1. The molecule has 1 N–H and O–H groups in total. The van der Waals surface area contributed by atoms with Crippen LogP contribution in [0.25, 0.3) is 10.9 Å². The zero-order valence-corrected chi connectivity index (χ0v) is 16.6. The molecule has 4 rings (SSSR count). The van der Waals surface area contributed by atoms with Crippen molar-refractivity contribution in [1.82, 2.24) is 4.98 Å². The summed E-state index contributed by atoms with van der Waals surface area (Å²) >= 11 is 0.